The second-order valence-electron chi connectivity index (χ2n) is 4.79. The molecule has 1 aromatic carbocycles. The van der Waals surface area contributed by atoms with Crippen LogP contribution in [0.1, 0.15) is 12.0 Å². The Kier molecular flexibility index (Phi) is 4.29. The molecule has 0 amide bonds. The molecule has 1 heterocycles. The Morgan fingerprint density at radius 1 is 1.53 bits per heavy atom. The van der Waals surface area contributed by atoms with E-state index in [4.69, 9.17) is 5.73 Å². The van der Waals surface area contributed by atoms with E-state index < -0.39 is 15.8 Å². The van der Waals surface area contributed by atoms with Gasteiger partial charge in [0.05, 0.1) is 9.37 Å². The minimum absolute atomic E-state index is 0.151. The SMILES string of the molecule is Cc1cc(F)c(Br)cc1S(=O)(=O)N1CCC(CN)C1. The van der Waals surface area contributed by atoms with Gasteiger partial charge in [0.2, 0.25) is 10.0 Å². The van der Waals surface area contributed by atoms with Crippen LogP contribution in [-0.4, -0.2) is 32.4 Å². The Morgan fingerprint density at radius 2 is 2.21 bits per heavy atom. The number of hydrogen-bond donors (Lipinski definition) is 1. The fraction of sp³-hybridized carbons (Fsp3) is 0.500. The summed E-state index contributed by atoms with van der Waals surface area (Å²) >= 11 is 3.03. The molecule has 7 heteroatoms. The van der Waals surface area contributed by atoms with Crippen LogP contribution in [0.3, 0.4) is 0 Å². The van der Waals surface area contributed by atoms with Crippen LogP contribution in [-0.2, 0) is 10.0 Å². The van der Waals surface area contributed by atoms with Gasteiger partial charge in [0.25, 0.3) is 0 Å². The lowest BCUT2D eigenvalue weighted by atomic mass is 10.1. The van der Waals surface area contributed by atoms with Gasteiger partial charge in [-0.15, -0.1) is 0 Å². The number of sulfonamides is 1. The maximum absolute atomic E-state index is 13.4. The Balaban J connectivity index is 2.38. The predicted octanol–water partition coefficient (Wildman–Crippen LogP) is 1.87. The highest BCUT2D eigenvalue weighted by molar-refractivity contribution is 9.10. The molecule has 0 spiro atoms. The normalized spacial score (nSPS) is 20.9. The van der Waals surface area contributed by atoms with E-state index in [-0.39, 0.29) is 15.3 Å². The minimum atomic E-state index is -3.57. The van der Waals surface area contributed by atoms with Gasteiger partial charge in [-0.3, -0.25) is 0 Å². The first-order valence-corrected chi connectivity index (χ1v) is 8.25. The summed E-state index contributed by atoms with van der Waals surface area (Å²) in [4.78, 5) is 0.151. The molecule has 2 N–H and O–H groups in total. The summed E-state index contributed by atoms with van der Waals surface area (Å²) in [5.74, 6) is -0.253. The van der Waals surface area contributed by atoms with Crippen LogP contribution in [0.5, 0.6) is 0 Å². The van der Waals surface area contributed by atoms with Crippen molar-refractivity contribution >= 4 is 26.0 Å². The van der Waals surface area contributed by atoms with Gasteiger partial charge in [0, 0.05) is 13.1 Å². The van der Waals surface area contributed by atoms with Gasteiger partial charge in [-0.2, -0.15) is 4.31 Å². The lowest BCUT2D eigenvalue weighted by Gasteiger charge is -2.18. The summed E-state index contributed by atoms with van der Waals surface area (Å²) in [6.07, 6.45) is 0.775. The third-order valence-corrected chi connectivity index (χ3v) is 6.03. The molecule has 1 unspecified atom stereocenters. The highest BCUT2D eigenvalue weighted by Gasteiger charge is 2.33. The smallest absolute Gasteiger partial charge is 0.243 e. The number of nitrogens with zero attached hydrogens (tertiary/aromatic N) is 1. The van der Waals surface area contributed by atoms with Crippen molar-refractivity contribution in [3.05, 3.63) is 28.0 Å². The first kappa shape index (κ1) is 14.9. The highest BCUT2D eigenvalue weighted by Crippen LogP contribution is 2.29. The summed E-state index contributed by atoms with van der Waals surface area (Å²) < 4.78 is 40.0. The minimum Gasteiger partial charge on any atom is -0.330 e. The zero-order valence-corrected chi connectivity index (χ0v) is 13.0. The quantitative estimate of drug-likeness (QED) is 0.904. The summed E-state index contributed by atoms with van der Waals surface area (Å²) in [6.45, 7) is 2.99. The van der Waals surface area contributed by atoms with E-state index >= 15 is 0 Å². The van der Waals surface area contributed by atoms with E-state index in [1.165, 1.54) is 16.4 Å². The van der Waals surface area contributed by atoms with E-state index in [1.54, 1.807) is 6.92 Å². The van der Waals surface area contributed by atoms with Crippen LogP contribution in [0.15, 0.2) is 21.5 Å². The van der Waals surface area contributed by atoms with E-state index in [0.717, 1.165) is 6.42 Å². The van der Waals surface area contributed by atoms with Crippen molar-refractivity contribution in [3.8, 4) is 0 Å². The molecule has 1 aliphatic rings. The average molecular weight is 351 g/mol. The van der Waals surface area contributed by atoms with Crippen molar-refractivity contribution in [1.82, 2.24) is 4.31 Å². The number of nitrogens with two attached hydrogens (primary N) is 1. The maximum Gasteiger partial charge on any atom is 0.243 e. The first-order valence-electron chi connectivity index (χ1n) is 6.02. The average Bonchev–Trinajstić information content (AvgIpc) is 2.83. The van der Waals surface area contributed by atoms with Crippen molar-refractivity contribution in [1.29, 1.82) is 0 Å². The molecule has 2 rings (SSSR count). The Bertz CT molecular complexity index is 592. The fourth-order valence-electron chi connectivity index (χ4n) is 2.25. The van der Waals surface area contributed by atoms with E-state index in [0.29, 0.717) is 25.2 Å². The molecule has 1 aliphatic heterocycles. The predicted molar refractivity (Wildman–Crippen MR) is 74.8 cm³/mol. The van der Waals surface area contributed by atoms with Gasteiger partial charge in [-0.05, 0) is 59.4 Å². The first-order chi connectivity index (χ1) is 8.86. The van der Waals surface area contributed by atoms with Gasteiger partial charge >= 0.3 is 0 Å². The number of benzene rings is 1. The molecule has 0 saturated carbocycles. The van der Waals surface area contributed by atoms with Crippen molar-refractivity contribution in [2.75, 3.05) is 19.6 Å². The Labute approximate surface area is 121 Å². The van der Waals surface area contributed by atoms with Crippen molar-refractivity contribution in [2.24, 2.45) is 11.7 Å². The van der Waals surface area contributed by atoms with Crippen molar-refractivity contribution < 1.29 is 12.8 Å². The molecule has 0 bridgehead atoms. The molecule has 0 aliphatic carbocycles. The topological polar surface area (TPSA) is 63.4 Å². The van der Waals surface area contributed by atoms with E-state index in [1.807, 2.05) is 0 Å². The van der Waals surface area contributed by atoms with E-state index in [2.05, 4.69) is 15.9 Å². The lowest BCUT2D eigenvalue weighted by Crippen LogP contribution is -2.30. The van der Waals surface area contributed by atoms with Crippen LogP contribution >= 0.6 is 15.9 Å². The molecule has 4 nitrogen and oxygen atoms in total. The van der Waals surface area contributed by atoms with Crippen molar-refractivity contribution in [2.45, 2.75) is 18.2 Å². The largest absolute Gasteiger partial charge is 0.330 e. The van der Waals surface area contributed by atoms with Crippen molar-refractivity contribution in [3.63, 3.8) is 0 Å². The van der Waals surface area contributed by atoms with Gasteiger partial charge < -0.3 is 5.73 Å². The molecule has 1 atom stereocenters. The van der Waals surface area contributed by atoms with Gasteiger partial charge in [0.1, 0.15) is 5.82 Å². The van der Waals surface area contributed by atoms with Crippen LogP contribution in [0.2, 0.25) is 0 Å². The molecule has 0 radical (unpaired) electrons. The third kappa shape index (κ3) is 2.84. The summed E-state index contributed by atoms with van der Waals surface area (Å²) in [5, 5.41) is 0. The molecule has 106 valence electrons. The highest BCUT2D eigenvalue weighted by atomic mass is 79.9. The second-order valence-corrected chi connectivity index (χ2v) is 7.55. The molecule has 19 heavy (non-hydrogen) atoms. The van der Waals surface area contributed by atoms with Crippen LogP contribution in [0, 0.1) is 18.7 Å². The Morgan fingerprint density at radius 3 is 2.79 bits per heavy atom. The number of halogens is 2. The fourth-order valence-corrected chi connectivity index (χ4v) is 4.51. The standard InChI is InChI=1S/C12H16BrFN2O2S/c1-8-4-11(14)10(13)5-12(8)19(17,18)16-3-2-9(6-15)7-16/h4-5,9H,2-3,6-7,15H2,1H3. The zero-order valence-electron chi connectivity index (χ0n) is 10.6. The van der Waals surface area contributed by atoms with Crippen LogP contribution in [0.4, 0.5) is 4.39 Å². The van der Waals surface area contributed by atoms with E-state index in [9.17, 15) is 12.8 Å². The number of aryl methyl sites for hydroxylation is 1. The Hall–Kier alpha value is -0.500. The molecule has 0 aromatic heterocycles. The van der Waals surface area contributed by atoms with Gasteiger partial charge in [-0.1, -0.05) is 0 Å². The molecule has 1 fully saturated rings. The number of hydrogen-bond acceptors (Lipinski definition) is 3. The molecular formula is C12H16BrFN2O2S. The van der Waals surface area contributed by atoms with Crippen LogP contribution < -0.4 is 5.73 Å². The molecular weight excluding hydrogens is 335 g/mol. The van der Waals surface area contributed by atoms with Gasteiger partial charge in [-0.25, -0.2) is 12.8 Å². The number of rotatable bonds is 3. The second kappa shape index (κ2) is 5.47. The maximum atomic E-state index is 13.4. The zero-order chi connectivity index (χ0) is 14.2. The molecule has 1 aromatic rings. The lowest BCUT2D eigenvalue weighted by molar-refractivity contribution is 0.458. The molecule has 1 saturated heterocycles. The summed E-state index contributed by atoms with van der Waals surface area (Å²) in [6, 6.07) is 2.56. The monoisotopic (exact) mass is 350 g/mol. The van der Waals surface area contributed by atoms with Crippen LogP contribution in [0.25, 0.3) is 0 Å². The summed E-state index contributed by atoms with van der Waals surface area (Å²) in [5.41, 5.74) is 5.99. The third-order valence-electron chi connectivity index (χ3n) is 3.42. The van der Waals surface area contributed by atoms with Gasteiger partial charge in [0.15, 0.2) is 0 Å². The summed E-state index contributed by atoms with van der Waals surface area (Å²) in [7, 11) is -3.57.